The first-order valence-electron chi connectivity index (χ1n) is 10.5. The maximum atomic E-state index is 11.2. The average Bonchev–Trinajstić information content (AvgIpc) is 2.67. The molecule has 0 bridgehead atoms. The summed E-state index contributed by atoms with van der Waals surface area (Å²) in [6.45, 7) is -2.57. The van der Waals surface area contributed by atoms with Gasteiger partial charge in [0.05, 0.1) is 39.3 Å². The largest absolute Gasteiger partial charge is 0.480 e. The minimum absolute atomic E-state index is 0.0238. The van der Waals surface area contributed by atoms with Crippen molar-refractivity contribution in [3.05, 3.63) is 0 Å². The highest BCUT2D eigenvalue weighted by molar-refractivity contribution is 5.73. The molecule has 0 radical (unpaired) electrons. The van der Waals surface area contributed by atoms with Crippen molar-refractivity contribution < 1.29 is 59.4 Å². The Kier molecular flexibility index (Phi) is 15.5. The van der Waals surface area contributed by atoms with E-state index < -0.39 is 75.1 Å². The van der Waals surface area contributed by atoms with E-state index >= 15 is 0 Å². The lowest BCUT2D eigenvalue weighted by Gasteiger charge is -2.27. The van der Waals surface area contributed by atoms with E-state index in [1.165, 1.54) is 9.80 Å². The van der Waals surface area contributed by atoms with E-state index in [4.69, 9.17) is 30.6 Å². The second kappa shape index (κ2) is 17.1. The summed E-state index contributed by atoms with van der Waals surface area (Å²) in [5.41, 5.74) is 0. The maximum Gasteiger partial charge on any atom is 0.317 e. The first kappa shape index (κ1) is 31.7. The van der Waals surface area contributed by atoms with Gasteiger partial charge in [0.25, 0.3) is 0 Å². The van der Waals surface area contributed by atoms with Crippen LogP contribution in [0, 0.1) is 0 Å². The van der Waals surface area contributed by atoms with Crippen LogP contribution in [0.15, 0.2) is 0 Å². The molecule has 0 saturated carbocycles. The Labute approximate surface area is 200 Å². The maximum absolute atomic E-state index is 11.2. The molecule has 0 aliphatic heterocycles. The summed E-state index contributed by atoms with van der Waals surface area (Å²) >= 11 is 0. The molecule has 6 N–H and O–H groups in total. The van der Waals surface area contributed by atoms with E-state index in [9.17, 15) is 28.8 Å². The molecule has 0 aromatic carbocycles. The Bertz CT molecular complexity index is 655. The lowest BCUT2D eigenvalue weighted by molar-refractivity contribution is -0.144. The van der Waals surface area contributed by atoms with E-state index in [0.29, 0.717) is 0 Å². The van der Waals surface area contributed by atoms with Crippen molar-refractivity contribution in [1.29, 1.82) is 0 Å². The number of carbonyl (C=O) groups is 6. The second-order valence-electron chi connectivity index (χ2n) is 7.69. The number of hydrogen-bond donors (Lipinski definition) is 6. The van der Waals surface area contributed by atoms with Crippen molar-refractivity contribution in [2.24, 2.45) is 0 Å². The van der Waals surface area contributed by atoms with Gasteiger partial charge in [-0.1, -0.05) is 0 Å². The van der Waals surface area contributed by atoms with E-state index in [1.54, 1.807) is 0 Å². The van der Waals surface area contributed by atoms with E-state index in [0.717, 1.165) is 9.80 Å². The molecular formula is C19H32N4O12. The number of carboxylic acids is 6. The molecule has 0 aromatic heterocycles. The van der Waals surface area contributed by atoms with Gasteiger partial charge in [-0.05, 0) is 6.42 Å². The van der Waals surface area contributed by atoms with E-state index in [-0.39, 0.29) is 45.7 Å². The Hall–Kier alpha value is -3.34. The summed E-state index contributed by atoms with van der Waals surface area (Å²) in [4.78, 5) is 71.2. The molecular weight excluding hydrogens is 476 g/mol. The van der Waals surface area contributed by atoms with Crippen LogP contribution >= 0.6 is 0 Å². The van der Waals surface area contributed by atoms with Crippen LogP contribution in [0.25, 0.3) is 0 Å². The fraction of sp³-hybridized carbons (Fsp3) is 0.684. The van der Waals surface area contributed by atoms with Crippen LogP contribution < -0.4 is 0 Å². The fourth-order valence-corrected chi connectivity index (χ4v) is 3.20. The smallest absolute Gasteiger partial charge is 0.317 e. The summed E-state index contributed by atoms with van der Waals surface area (Å²) in [7, 11) is 0. The van der Waals surface area contributed by atoms with E-state index in [2.05, 4.69) is 0 Å². The summed E-state index contributed by atoms with van der Waals surface area (Å²) in [5, 5.41) is 53.9. The van der Waals surface area contributed by atoms with Gasteiger partial charge in [0, 0.05) is 39.3 Å². The number of nitrogens with zero attached hydrogens (tertiary/aromatic N) is 4. The summed E-state index contributed by atoms with van der Waals surface area (Å²) in [6.07, 6.45) is 0.288. The van der Waals surface area contributed by atoms with Crippen LogP contribution in [0.3, 0.4) is 0 Å². The third kappa shape index (κ3) is 18.7. The standard InChI is InChI=1S/C19H32N4O12/c24-14(25)8-20(4-6-22(10-16(28)29)11-17(30)31)2-1-3-21(9-15(26)27)5-7-23(12-18(32)33)13-19(34)35/h1-13H2,(H,24,25)(H,26,27)(H,28,29)(H,30,31)(H,32,33)(H,34,35). The molecule has 0 aromatic rings. The zero-order valence-electron chi connectivity index (χ0n) is 19.1. The third-order valence-corrected chi connectivity index (χ3v) is 4.57. The van der Waals surface area contributed by atoms with Crippen LogP contribution in [0.1, 0.15) is 6.42 Å². The van der Waals surface area contributed by atoms with Crippen LogP contribution in [0.4, 0.5) is 0 Å². The normalized spacial score (nSPS) is 11.3. The SMILES string of the molecule is O=C(O)CN(CCCN(CCN(CC(=O)O)CC(=O)O)CC(=O)O)CCN(CC(=O)O)CC(=O)O. The predicted molar refractivity (Wildman–Crippen MR) is 116 cm³/mol. The Morgan fingerprint density at radius 3 is 0.771 bits per heavy atom. The second-order valence-corrected chi connectivity index (χ2v) is 7.69. The van der Waals surface area contributed by atoms with Gasteiger partial charge >= 0.3 is 35.8 Å². The monoisotopic (exact) mass is 508 g/mol. The molecule has 0 saturated heterocycles. The molecule has 0 unspecified atom stereocenters. The molecule has 35 heavy (non-hydrogen) atoms. The molecule has 0 heterocycles. The molecule has 16 nitrogen and oxygen atoms in total. The lowest BCUT2D eigenvalue weighted by Crippen LogP contribution is -2.44. The zero-order valence-corrected chi connectivity index (χ0v) is 19.1. The van der Waals surface area contributed by atoms with Crippen LogP contribution in [-0.4, -0.2) is 165 Å². The summed E-state index contributed by atoms with van der Waals surface area (Å²) in [5.74, 6) is -7.26. The zero-order chi connectivity index (χ0) is 27.0. The first-order valence-corrected chi connectivity index (χ1v) is 10.5. The highest BCUT2D eigenvalue weighted by Gasteiger charge is 2.19. The topological polar surface area (TPSA) is 237 Å². The highest BCUT2D eigenvalue weighted by Crippen LogP contribution is 2.00. The minimum atomic E-state index is -1.24. The highest BCUT2D eigenvalue weighted by atomic mass is 16.4. The van der Waals surface area contributed by atoms with Gasteiger partial charge in [-0.25, -0.2) is 0 Å². The quantitative estimate of drug-likeness (QED) is 0.0859. The lowest BCUT2D eigenvalue weighted by atomic mass is 10.3. The molecule has 0 amide bonds. The van der Waals surface area contributed by atoms with Crippen molar-refractivity contribution >= 4 is 35.8 Å². The number of carboxylic acid groups (broad SMARTS) is 6. The molecule has 16 heteroatoms. The van der Waals surface area contributed by atoms with Crippen LogP contribution in [0.5, 0.6) is 0 Å². The Morgan fingerprint density at radius 2 is 0.543 bits per heavy atom. The molecule has 0 aliphatic carbocycles. The summed E-state index contributed by atoms with van der Waals surface area (Å²) in [6, 6.07) is 0. The van der Waals surface area contributed by atoms with Gasteiger partial charge in [0.15, 0.2) is 0 Å². The van der Waals surface area contributed by atoms with Crippen LogP contribution in [0.2, 0.25) is 0 Å². The van der Waals surface area contributed by atoms with Crippen molar-refractivity contribution in [3.63, 3.8) is 0 Å². The molecule has 0 rings (SSSR count). The molecule has 200 valence electrons. The van der Waals surface area contributed by atoms with Gasteiger partial charge in [-0.3, -0.25) is 48.4 Å². The van der Waals surface area contributed by atoms with Gasteiger partial charge in [-0.15, -0.1) is 0 Å². The Balaban J connectivity index is 4.98. The van der Waals surface area contributed by atoms with Crippen molar-refractivity contribution in [2.75, 3.05) is 78.5 Å². The minimum Gasteiger partial charge on any atom is -0.480 e. The average molecular weight is 508 g/mol. The van der Waals surface area contributed by atoms with Gasteiger partial charge in [0.2, 0.25) is 0 Å². The molecule has 0 spiro atoms. The number of rotatable bonds is 22. The predicted octanol–water partition coefficient (Wildman–Crippen LogP) is -2.91. The van der Waals surface area contributed by atoms with Crippen molar-refractivity contribution in [2.45, 2.75) is 6.42 Å². The van der Waals surface area contributed by atoms with E-state index in [1.807, 2.05) is 0 Å². The molecule has 0 atom stereocenters. The number of hydrogen-bond acceptors (Lipinski definition) is 10. The van der Waals surface area contributed by atoms with Crippen molar-refractivity contribution in [3.8, 4) is 0 Å². The first-order chi connectivity index (χ1) is 16.3. The number of aliphatic carboxylic acids is 6. The van der Waals surface area contributed by atoms with Crippen molar-refractivity contribution in [1.82, 2.24) is 19.6 Å². The van der Waals surface area contributed by atoms with Crippen LogP contribution in [-0.2, 0) is 28.8 Å². The molecule has 0 fully saturated rings. The molecule has 0 aliphatic rings. The third-order valence-electron chi connectivity index (χ3n) is 4.57. The van der Waals surface area contributed by atoms with Gasteiger partial charge in [0.1, 0.15) is 0 Å². The fourth-order valence-electron chi connectivity index (χ4n) is 3.20. The van der Waals surface area contributed by atoms with Gasteiger partial charge < -0.3 is 30.6 Å². The Morgan fingerprint density at radius 1 is 0.343 bits per heavy atom. The van der Waals surface area contributed by atoms with Gasteiger partial charge in [-0.2, -0.15) is 0 Å². The summed E-state index contributed by atoms with van der Waals surface area (Å²) < 4.78 is 0.